The van der Waals surface area contributed by atoms with Crippen molar-refractivity contribution in [2.24, 2.45) is 0 Å². The van der Waals surface area contributed by atoms with Crippen LogP contribution in [0.5, 0.6) is 0 Å². The molecule has 0 saturated carbocycles. The molecule has 21 heavy (non-hydrogen) atoms. The third kappa shape index (κ3) is 1.93. The highest BCUT2D eigenvalue weighted by molar-refractivity contribution is 5.94. The third-order valence-corrected chi connectivity index (χ3v) is 3.91. The van der Waals surface area contributed by atoms with E-state index in [1.54, 1.807) is 0 Å². The Balaban J connectivity index is 1.94. The molecular formula is C18H16N2O. The highest BCUT2D eigenvalue weighted by Gasteiger charge is 2.14. The Labute approximate surface area is 122 Å². The third-order valence-electron chi connectivity index (χ3n) is 3.91. The minimum Gasteiger partial charge on any atom is -0.454 e. The second-order valence-corrected chi connectivity index (χ2v) is 5.68. The van der Waals surface area contributed by atoms with E-state index in [9.17, 15) is 0 Å². The van der Waals surface area contributed by atoms with Crippen molar-refractivity contribution in [3.8, 4) is 11.5 Å². The zero-order valence-corrected chi connectivity index (χ0v) is 12.1. The summed E-state index contributed by atoms with van der Waals surface area (Å²) >= 11 is 0. The molecule has 4 rings (SSSR count). The van der Waals surface area contributed by atoms with Crippen molar-refractivity contribution in [1.82, 2.24) is 10.2 Å². The lowest BCUT2D eigenvalue weighted by atomic mass is 10.0. The number of benzene rings is 2. The van der Waals surface area contributed by atoms with Crippen LogP contribution in [-0.4, -0.2) is 10.2 Å². The molecule has 0 radical (unpaired) electrons. The fraction of sp³-hybridized carbons (Fsp3) is 0.167. The molecular weight excluding hydrogens is 260 g/mol. The van der Waals surface area contributed by atoms with E-state index in [-0.39, 0.29) is 0 Å². The van der Waals surface area contributed by atoms with E-state index in [1.165, 1.54) is 5.56 Å². The van der Waals surface area contributed by atoms with Gasteiger partial charge in [0.25, 0.3) is 0 Å². The lowest BCUT2D eigenvalue weighted by Gasteiger charge is -2.04. The summed E-state index contributed by atoms with van der Waals surface area (Å²) in [4.78, 5) is 0. The van der Waals surface area contributed by atoms with Gasteiger partial charge in [-0.05, 0) is 35.7 Å². The summed E-state index contributed by atoms with van der Waals surface area (Å²) < 4.78 is 5.94. The van der Waals surface area contributed by atoms with E-state index in [2.05, 4.69) is 48.3 Å². The van der Waals surface area contributed by atoms with Gasteiger partial charge < -0.3 is 4.42 Å². The molecule has 0 saturated heterocycles. The molecule has 3 heteroatoms. The normalized spacial score (nSPS) is 11.8. The Morgan fingerprint density at radius 1 is 1.05 bits per heavy atom. The summed E-state index contributed by atoms with van der Waals surface area (Å²) in [5.74, 6) is 1.30. The van der Waals surface area contributed by atoms with Crippen LogP contribution in [0.15, 0.2) is 52.9 Å². The smallest absolute Gasteiger partial charge is 0.156 e. The van der Waals surface area contributed by atoms with Crippen molar-refractivity contribution in [1.29, 1.82) is 0 Å². The van der Waals surface area contributed by atoms with Crippen LogP contribution in [0.25, 0.3) is 33.3 Å². The van der Waals surface area contributed by atoms with Crippen LogP contribution in [0.3, 0.4) is 0 Å². The second kappa shape index (κ2) is 4.48. The number of nitrogens with one attached hydrogen (secondary N) is 1. The maximum absolute atomic E-state index is 5.94. The van der Waals surface area contributed by atoms with Gasteiger partial charge in [-0.1, -0.05) is 38.1 Å². The van der Waals surface area contributed by atoms with Crippen molar-refractivity contribution >= 4 is 21.9 Å². The van der Waals surface area contributed by atoms with Crippen molar-refractivity contribution < 1.29 is 4.42 Å². The van der Waals surface area contributed by atoms with E-state index >= 15 is 0 Å². The van der Waals surface area contributed by atoms with Gasteiger partial charge >= 0.3 is 0 Å². The number of aromatic nitrogens is 2. The number of para-hydroxylation sites is 1. The van der Waals surface area contributed by atoms with E-state index < -0.39 is 0 Å². The predicted molar refractivity (Wildman–Crippen MR) is 85.4 cm³/mol. The Morgan fingerprint density at radius 2 is 1.90 bits per heavy atom. The number of furan rings is 1. The maximum atomic E-state index is 5.94. The summed E-state index contributed by atoms with van der Waals surface area (Å²) in [5.41, 5.74) is 4.11. The van der Waals surface area contributed by atoms with Gasteiger partial charge in [0.15, 0.2) is 5.76 Å². The largest absolute Gasteiger partial charge is 0.454 e. The molecule has 0 spiro atoms. The van der Waals surface area contributed by atoms with Crippen molar-refractivity contribution in [2.75, 3.05) is 0 Å². The molecule has 3 nitrogen and oxygen atoms in total. The van der Waals surface area contributed by atoms with Crippen LogP contribution in [0, 0.1) is 0 Å². The van der Waals surface area contributed by atoms with Crippen molar-refractivity contribution in [3.05, 3.63) is 54.1 Å². The molecule has 1 N–H and O–H groups in total. The van der Waals surface area contributed by atoms with Gasteiger partial charge in [-0.3, -0.25) is 5.10 Å². The van der Waals surface area contributed by atoms with Crippen LogP contribution in [0.4, 0.5) is 0 Å². The summed E-state index contributed by atoms with van der Waals surface area (Å²) in [6, 6.07) is 16.5. The van der Waals surface area contributed by atoms with Gasteiger partial charge in [-0.25, -0.2) is 0 Å². The summed E-state index contributed by atoms with van der Waals surface area (Å²) in [7, 11) is 0. The minimum absolute atomic E-state index is 0.493. The second-order valence-electron chi connectivity index (χ2n) is 5.68. The number of rotatable bonds is 2. The van der Waals surface area contributed by atoms with Crippen LogP contribution in [-0.2, 0) is 0 Å². The van der Waals surface area contributed by atoms with E-state index in [4.69, 9.17) is 4.42 Å². The first-order valence-corrected chi connectivity index (χ1v) is 7.19. The number of fused-ring (bicyclic) bond motifs is 2. The molecule has 0 bridgehead atoms. The molecule has 0 amide bonds. The van der Waals surface area contributed by atoms with Crippen LogP contribution >= 0.6 is 0 Å². The van der Waals surface area contributed by atoms with E-state index in [0.717, 1.165) is 33.3 Å². The van der Waals surface area contributed by atoms with Crippen LogP contribution in [0.2, 0.25) is 0 Å². The lowest BCUT2D eigenvalue weighted by molar-refractivity contribution is 0.629. The molecule has 0 unspecified atom stereocenters. The summed E-state index contributed by atoms with van der Waals surface area (Å²) in [6.45, 7) is 4.39. The lowest BCUT2D eigenvalue weighted by Crippen LogP contribution is -1.86. The van der Waals surface area contributed by atoms with Crippen molar-refractivity contribution in [3.63, 3.8) is 0 Å². The van der Waals surface area contributed by atoms with Gasteiger partial charge in [-0.15, -0.1) is 0 Å². The quantitative estimate of drug-likeness (QED) is 0.553. The highest BCUT2D eigenvalue weighted by Crippen LogP contribution is 2.32. The van der Waals surface area contributed by atoms with Crippen LogP contribution < -0.4 is 0 Å². The summed E-state index contributed by atoms with van der Waals surface area (Å²) in [5, 5.41) is 9.74. The molecule has 4 aromatic rings. The van der Waals surface area contributed by atoms with Gasteiger partial charge in [0.2, 0.25) is 0 Å². The molecule has 2 heterocycles. The van der Waals surface area contributed by atoms with Gasteiger partial charge in [0, 0.05) is 10.8 Å². The first kappa shape index (κ1) is 12.2. The molecule has 0 aliphatic heterocycles. The Morgan fingerprint density at radius 3 is 2.71 bits per heavy atom. The molecule has 104 valence electrons. The van der Waals surface area contributed by atoms with E-state index in [0.29, 0.717) is 5.92 Å². The molecule has 0 aliphatic carbocycles. The van der Waals surface area contributed by atoms with Gasteiger partial charge in [0.1, 0.15) is 11.3 Å². The molecule has 0 aliphatic rings. The van der Waals surface area contributed by atoms with Gasteiger partial charge in [0.05, 0.1) is 5.52 Å². The predicted octanol–water partition coefficient (Wildman–Crippen LogP) is 5.10. The fourth-order valence-corrected chi connectivity index (χ4v) is 2.68. The zero-order valence-electron chi connectivity index (χ0n) is 12.1. The number of H-pyrrole nitrogens is 1. The van der Waals surface area contributed by atoms with Crippen LogP contribution in [0.1, 0.15) is 25.3 Å². The number of aromatic amines is 1. The summed E-state index contributed by atoms with van der Waals surface area (Å²) in [6.07, 6.45) is 0. The molecule has 0 fully saturated rings. The Bertz CT molecular complexity index is 898. The first-order valence-electron chi connectivity index (χ1n) is 7.19. The SMILES string of the molecule is CC(C)c1ccc2[nH]nc(-c3cc4ccccc4o3)c2c1. The molecule has 0 atom stereocenters. The fourth-order valence-electron chi connectivity index (χ4n) is 2.68. The average Bonchev–Trinajstić information content (AvgIpc) is 3.09. The monoisotopic (exact) mass is 276 g/mol. The zero-order chi connectivity index (χ0) is 14.4. The van der Waals surface area contributed by atoms with E-state index in [1.807, 2.05) is 24.3 Å². The number of hydrogen-bond donors (Lipinski definition) is 1. The maximum Gasteiger partial charge on any atom is 0.156 e. The average molecular weight is 276 g/mol. The Kier molecular flexibility index (Phi) is 2.61. The minimum atomic E-state index is 0.493. The molecule has 2 aromatic carbocycles. The van der Waals surface area contributed by atoms with Crippen molar-refractivity contribution in [2.45, 2.75) is 19.8 Å². The Hall–Kier alpha value is -2.55. The highest BCUT2D eigenvalue weighted by atomic mass is 16.3. The molecule has 2 aromatic heterocycles. The standard InChI is InChI=1S/C18H16N2O/c1-11(2)12-7-8-15-14(9-12)18(20-19-15)17-10-13-5-3-4-6-16(13)21-17/h3-11H,1-2H3,(H,19,20). The number of nitrogens with zero attached hydrogens (tertiary/aromatic N) is 1. The van der Waals surface area contributed by atoms with Gasteiger partial charge in [-0.2, -0.15) is 5.10 Å². The topological polar surface area (TPSA) is 41.8 Å². The number of hydrogen-bond acceptors (Lipinski definition) is 2. The first-order chi connectivity index (χ1) is 10.2.